The zero-order chi connectivity index (χ0) is 13.6. The first-order valence-corrected chi connectivity index (χ1v) is 6.55. The average molecular weight is 251 g/mol. The van der Waals surface area contributed by atoms with Gasteiger partial charge in [-0.25, -0.2) is 0 Å². The molecule has 0 spiro atoms. The summed E-state index contributed by atoms with van der Waals surface area (Å²) in [5.41, 5.74) is 1.29. The third-order valence-electron chi connectivity index (χ3n) is 2.63. The normalized spacial score (nSPS) is 13.4. The van der Waals surface area contributed by atoms with Crippen molar-refractivity contribution in [2.24, 2.45) is 0 Å². The van der Waals surface area contributed by atoms with E-state index in [0.29, 0.717) is 13.0 Å². The van der Waals surface area contributed by atoms with Gasteiger partial charge < -0.3 is 15.2 Å². The first-order valence-electron chi connectivity index (χ1n) is 6.55. The fourth-order valence-electron chi connectivity index (χ4n) is 1.42. The number of rotatable bonds is 6. The molecule has 102 valence electrons. The molecular weight excluding hydrogens is 226 g/mol. The van der Waals surface area contributed by atoms with Crippen molar-refractivity contribution in [2.75, 3.05) is 6.61 Å². The molecule has 1 unspecified atom stereocenters. The Morgan fingerprint density at radius 2 is 2.06 bits per heavy atom. The second-order valence-corrected chi connectivity index (χ2v) is 5.62. The van der Waals surface area contributed by atoms with E-state index in [9.17, 15) is 5.11 Å². The van der Waals surface area contributed by atoms with Gasteiger partial charge >= 0.3 is 0 Å². The first-order chi connectivity index (χ1) is 8.40. The van der Waals surface area contributed by atoms with E-state index in [0.717, 1.165) is 12.3 Å². The van der Waals surface area contributed by atoms with Crippen LogP contribution in [0, 0.1) is 0 Å². The van der Waals surface area contributed by atoms with Gasteiger partial charge in [-0.15, -0.1) is 0 Å². The van der Waals surface area contributed by atoms with Gasteiger partial charge in [-0.05, 0) is 44.9 Å². The predicted molar refractivity (Wildman–Crippen MR) is 74.8 cm³/mol. The van der Waals surface area contributed by atoms with Crippen LogP contribution in [0.3, 0.4) is 0 Å². The van der Waals surface area contributed by atoms with Crippen molar-refractivity contribution in [1.82, 2.24) is 5.32 Å². The first kappa shape index (κ1) is 15.0. The molecule has 1 atom stereocenters. The van der Waals surface area contributed by atoms with Gasteiger partial charge in [0.05, 0.1) is 6.10 Å². The van der Waals surface area contributed by atoms with Crippen molar-refractivity contribution < 1.29 is 9.84 Å². The van der Waals surface area contributed by atoms with E-state index in [-0.39, 0.29) is 11.6 Å². The van der Waals surface area contributed by atoms with Gasteiger partial charge in [0.1, 0.15) is 12.4 Å². The van der Waals surface area contributed by atoms with Crippen LogP contribution in [0.25, 0.3) is 0 Å². The van der Waals surface area contributed by atoms with Crippen molar-refractivity contribution in [2.45, 2.75) is 52.3 Å². The number of nitrogens with one attached hydrogen (secondary N) is 1. The molecule has 0 fully saturated rings. The van der Waals surface area contributed by atoms with Crippen LogP contribution in [0.4, 0.5) is 0 Å². The lowest BCUT2D eigenvalue weighted by atomic mass is 10.1. The Kier molecular flexibility index (Phi) is 5.63. The van der Waals surface area contributed by atoms with Crippen LogP contribution in [-0.4, -0.2) is 23.4 Å². The molecule has 0 heterocycles. The van der Waals surface area contributed by atoms with Crippen LogP contribution in [0.2, 0.25) is 0 Å². The van der Waals surface area contributed by atoms with Crippen LogP contribution in [0.1, 0.15) is 39.7 Å². The largest absolute Gasteiger partial charge is 0.491 e. The number of hydrogen-bond donors (Lipinski definition) is 2. The zero-order valence-corrected chi connectivity index (χ0v) is 11.9. The summed E-state index contributed by atoms with van der Waals surface area (Å²) in [5, 5.41) is 12.9. The predicted octanol–water partition coefficient (Wildman–Crippen LogP) is 2.72. The van der Waals surface area contributed by atoms with Crippen LogP contribution < -0.4 is 10.1 Å². The molecule has 0 aliphatic carbocycles. The van der Waals surface area contributed by atoms with E-state index < -0.39 is 0 Å². The molecule has 1 rings (SSSR count). The Labute approximate surface area is 110 Å². The van der Waals surface area contributed by atoms with E-state index in [1.807, 2.05) is 25.1 Å². The Bertz CT molecular complexity index is 358. The summed E-state index contributed by atoms with van der Waals surface area (Å²) >= 11 is 0. The second kappa shape index (κ2) is 6.76. The summed E-state index contributed by atoms with van der Waals surface area (Å²) in [6, 6.07) is 7.99. The highest BCUT2D eigenvalue weighted by Crippen LogP contribution is 2.14. The van der Waals surface area contributed by atoms with Gasteiger partial charge in [-0.2, -0.15) is 0 Å². The maximum atomic E-state index is 9.46. The topological polar surface area (TPSA) is 41.5 Å². The molecule has 0 aliphatic rings. The van der Waals surface area contributed by atoms with Gasteiger partial charge in [-0.3, -0.25) is 0 Å². The molecule has 3 heteroatoms. The van der Waals surface area contributed by atoms with Gasteiger partial charge in [-0.1, -0.05) is 19.1 Å². The van der Waals surface area contributed by atoms with Crippen LogP contribution in [0.15, 0.2) is 24.3 Å². The highest BCUT2D eigenvalue weighted by Gasteiger charge is 2.08. The molecule has 0 saturated carbocycles. The molecule has 0 radical (unpaired) electrons. The minimum absolute atomic E-state index is 0.106. The lowest BCUT2D eigenvalue weighted by Crippen LogP contribution is -2.35. The summed E-state index contributed by atoms with van der Waals surface area (Å²) in [6.45, 7) is 9.54. The standard InChI is InChI=1S/C15H25NO2/c1-5-13(17)11-18-14-8-6-7-12(9-14)10-16-15(2,3)4/h6-9,13,16-17H,5,10-11H2,1-4H3. The fraction of sp³-hybridized carbons (Fsp3) is 0.600. The van der Waals surface area contributed by atoms with Crippen molar-refractivity contribution in [1.29, 1.82) is 0 Å². The van der Waals surface area contributed by atoms with Crippen LogP contribution >= 0.6 is 0 Å². The molecule has 2 N–H and O–H groups in total. The quantitative estimate of drug-likeness (QED) is 0.817. The monoisotopic (exact) mass is 251 g/mol. The molecular formula is C15H25NO2. The van der Waals surface area contributed by atoms with Gasteiger partial charge in [0.15, 0.2) is 0 Å². The highest BCUT2D eigenvalue weighted by atomic mass is 16.5. The van der Waals surface area contributed by atoms with E-state index in [1.54, 1.807) is 0 Å². The number of benzene rings is 1. The van der Waals surface area contributed by atoms with Gasteiger partial charge in [0.2, 0.25) is 0 Å². The smallest absolute Gasteiger partial charge is 0.119 e. The SMILES string of the molecule is CCC(O)COc1cccc(CNC(C)(C)C)c1. The van der Waals surface area contributed by atoms with E-state index in [2.05, 4.69) is 32.2 Å². The molecule has 0 amide bonds. The molecule has 0 aliphatic heterocycles. The fourth-order valence-corrected chi connectivity index (χ4v) is 1.42. The van der Waals surface area contributed by atoms with E-state index in [4.69, 9.17) is 4.74 Å². The molecule has 0 aromatic heterocycles. The maximum Gasteiger partial charge on any atom is 0.119 e. The second-order valence-electron chi connectivity index (χ2n) is 5.62. The molecule has 18 heavy (non-hydrogen) atoms. The summed E-state index contributed by atoms with van der Waals surface area (Å²) in [4.78, 5) is 0. The lowest BCUT2D eigenvalue weighted by molar-refractivity contribution is 0.104. The summed E-state index contributed by atoms with van der Waals surface area (Å²) in [6.07, 6.45) is 0.326. The maximum absolute atomic E-state index is 9.46. The van der Waals surface area contributed by atoms with Crippen molar-refractivity contribution in [3.8, 4) is 5.75 Å². The summed E-state index contributed by atoms with van der Waals surface area (Å²) in [5.74, 6) is 0.815. The third kappa shape index (κ3) is 6.03. The van der Waals surface area contributed by atoms with Gasteiger partial charge in [0.25, 0.3) is 0 Å². The van der Waals surface area contributed by atoms with Crippen LogP contribution in [0.5, 0.6) is 5.75 Å². The zero-order valence-electron chi connectivity index (χ0n) is 11.9. The van der Waals surface area contributed by atoms with Gasteiger partial charge in [0, 0.05) is 12.1 Å². The number of aliphatic hydroxyl groups is 1. The van der Waals surface area contributed by atoms with Crippen molar-refractivity contribution in [3.63, 3.8) is 0 Å². The van der Waals surface area contributed by atoms with Crippen molar-refractivity contribution >= 4 is 0 Å². The Morgan fingerprint density at radius 3 is 2.67 bits per heavy atom. The Morgan fingerprint density at radius 1 is 1.33 bits per heavy atom. The molecule has 1 aromatic rings. The highest BCUT2D eigenvalue weighted by molar-refractivity contribution is 5.28. The molecule has 3 nitrogen and oxygen atoms in total. The summed E-state index contributed by atoms with van der Waals surface area (Å²) < 4.78 is 5.55. The molecule has 1 aromatic carbocycles. The third-order valence-corrected chi connectivity index (χ3v) is 2.63. The average Bonchev–Trinajstić information content (AvgIpc) is 2.33. The summed E-state index contributed by atoms with van der Waals surface area (Å²) in [7, 11) is 0. The minimum atomic E-state index is -0.388. The number of ether oxygens (including phenoxy) is 1. The minimum Gasteiger partial charge on any atom is -0.491 e. The Hall–Kier alpha value is -1.06. The number of aliphatic hydroxyl groups excluding tert-OH is 1. The molecule has 0 bridgehead atoms. The van der Waals surface area contributed by atoms with Crippen LogP contribution in [-0.2, 0) is 6.54 Å². The number of hydrogen-bond acceptors (Lipinski definition) is 3. The van der Waals surface area contributed by atoms with Crippen molar-refractivity contribution in [3.05, 3.63) is 29.8 Å². The lowest BCUT2D eigenvalue weighted by Gasteiger charge is -2.20. The Balaban J connectivity index is 2.51. The van der Waals surface area contributed by atoms with E-state index in [1.165, 1.54) is 5.56 Å². The van der Waals surface area contributed by atoms with E-state index >= 15 is 0 Å². The molecule has 0 saturated heterocycles.